The number of thiophene rings is 1. The van der Waals surface area contributed by atoms with Gasteiger partial charge in [-0.25, -0.2) is 13.2 Å². The Labute approximate surface area is 119 Å². The summed E-state index contributed by atoms with van der Waals surface area (Å²) in [5.41, 5.74) is 1.10. The molecule has 0 amide bonds. The van der Waals surface area contributed by atoms with Crippen LogP contribution >= 0.6 is 11.3 Å². The monoisotopic (exact) mass is 315 g/mol. The molecular formula is C11H13N3O4S2. The summed E-state index contributed by atoms with van der Waals surface area (Å²) in [7, 11) is -2.20. The molecule has 2 rings (SSSR count). The maximum absolute atomic E-state index is 12.2. The molecule has 0 radical (unpaired) electrons. The fraction of sp³-hybridized carbons (Fsp3) is 0.273. The van der Waals surface area contributed by atoms with Crippen LogP contribution in [0.25, 0.3) is 0 Å². The lowest BCUT2D eigenvalue weighted by molar-refractivity contribution is 0.0701. The fourth-order valence-corrected chi connectivity index (χ4v) is 4.15. The van der Waals surface area contributed by atoms with E-state index in [0.717, 1.165) is 11.3 Å². The van der Waals surface area contributed by atoms with Crippen LogP contribution in [-0.2, 0) is 17.1 Å². The highest BCUT2D eigenvalue weighted by Crippen LogP contribution is 2.27. The molecule has 2 N–H and O–H groups in total. The van der Waals surface area contributed by atoms with Gasteiger partial charge in [0.25, 0.3) is 10.0 Å². The summed E-state index contributed by atoms with van der Waals surface area (Å²) in [5.74, 6) is -0.809. The zero-order chi connectivity index (χ0) is 15.1. The lowest BCUT2D eigenvalue weighted by Gasteiger charge is -2.05. The Bertz CT molecular complexity index is 774. The SMILES string of the molecule is Cc1cc(NS(=O)(=O)c2cc(C)c(C(=O)O)s2)n(C)n1. The molecule has 0 aliphatic heterocycles. The van der Waals surface area contributed by atoms with E-state index in [1.165, 1.54) is 10.7 Å². The second-order valence-corrected chi connectivity index (χ2v) is 7.24. The fourth-order valence-electron chi connectivity index (χ4n) is 1.69. The molecule has 0 aromatic carbocycles. The topological polar surface area (TPSA) is 101 Å². The minimum absolute atomic E-state index is 0.0200. The van der Waals surface area contributed by atoms with Crippen molar-refractivity contribution < 1.29 is 18.3 Å². The van der Waals surface area contributed by atoms with Crippen LogP contribution in [0.1, 0.15) is 20.9 Å². The second-order valence-electron chi connectivity index (χ2n) is 4.28. The van der Waals surface area contributed by atoms with Gasteiger partial charge in [0.05, 0.1) is 5.69 Å². The third kappa shape index (κ3) is 2.68. The van der Waals surface area contributed by atoms with E-state index >= 15 is 0 Å². The first-order chi connectivity index (χ1) is 9.20. The Morgan fingerprint density at radius 3 is 2.50 bits per heavy atom. The Morgan fingerprint density at radius 1 is 1.40 bits per heavy atom. The summed E-state index contributed by atoms with van der Waals surface area (Å²) >= 11 is 0.727. The van der Waals surface area contributed by atoms with Crippen molar-refractivity contribution in [1.29, 1.82) is 0 Å². The molecule has 0 aliphatic carbocycles. The van der Waals surface area contributed by atoms with E-state index in [1.807, 2.05) is 0 Å². The number of aromatic carboxylic acids is 1. The predicted molar refractivity (Wildman–Crippen MR) is 74.8 cm³/mol. The average Bonchev–Trinajstić information content (AvgIpc) is 2.83. The van der Waals surface area contributed by atoms with Crippen LogP contribution in [0.3, 0.4) is 0 Å². The van der Waals surface area contributed by atoms with Gasteiger partial charge in [0.2, 0.25) is 0 Å². The van der Waals surface area contributed by atoms with Crippen LogP contribution in [0, 0.1) is 13.8 Å². The first-order valence-electron chi connectivity index (χ1n) is 5.58. The molecule has 2 aromatic rings. The maximum atomic E-state index is 12.2. The number of carbonyl (C=O) groups is 1. The molecular weight excluding hydrogens is 302 g/mol. The molecule has 2 heterocycles. The number of carboxylic acids is 1. The van der Waals surface area contributed by atoms with Gasteiger partial charge in [-0.3, -0.25) is 9.40 Å². The summed E-state index contributed by atoms with van der Waals surface area (Å²) < 4.78 is 28.2. The summed E-state index contributed by atoms with van der Waals surface area (Å²) in [5, 5.41) is 13.0. The molecule has 0 aliphatic rings. The summed E-state index contributed by atoms with van der Waals surface area (Å²) in [6.07, 6.45) is 0. The lowest BCUT2D eigenvalue weighted by Crippen LogP contribution is -2.14. The Morgan fingerprint density at radius 2 is 2.05 bits per heavy atom. The molecule has 9 heteroatoms. The minimum Gasteiger partial charge on any atom is -0.477 e. The Kier molecular flexibility index (Phi) is 3.57. The zero-order valence-corrected chi connectivity index (χ0v) is 12.7. The zero-order valence-electron chi connectivity index (χ0n) is 11.0. The maximum Gasteiger partial charge on any atom is 0.346 e. The molecule has 7 nitrogen and oxygen atoms in total. The summed E-state index contributed by atoms with van der Waals surface area (Å²) in [6, 6.07) is 2.94. The first kappa shape index (κ1) is 14.5. The molecule has 0 bridgehead atoms. The van der Waals surface area contributed by atoms with Crippen LogP contribution in [0.2, 0.25) is 0 Å². The van der Waals surface area contributed by atoms with Crippen LogP contribution in [0.15, 0.2) is 16.3 Å². The van der Waals surface area contributed by atoms with Gasteiger partial charge in [-0.2, -0.15) is 5.10 Å². The lowest BCUT2D eigenvalue weighted by atomic mass is 10.3. The number of aromatic nitrogens is 2. The predicted octanol–water partition coefficient (Wildman–Crippen LogP) is 1.60. The van der Waals surface area contributed by atoms with Crippen molar-refractivity contribution in [3.8, 4) is 0 Å². The standard InChI is InChI=1S/C11H13N3O4S2/c1-6-4-9(19-10(6)11(15)16)20(17,18)13-8-5-7(2)12-14(8)3/h4-5,13H,1-3H3,(H,15,16). The van der Waals surface area contributed by atoms with Gasteiger partial charge in [0.15, 0.2) is 0 Å². The number of carboxylic acid groups (broad SMARTS) is 1. The van der Waals surface area contributed by atoms with Crippen LogP contribution in [-0.4, -0.2) is 29.3 Å². The highest BCUT2D eigenvalue weighted by atomic mass is 32.2. The molecule has 0 atom stereocenters. The molecule has 0 unspecified atom stereocenters. The van der Waals surface area contributed by atoms with Gasteiger partial charge in [-0.1, -0.05) is 0 Å². The quantitative estimate of drug-likeness (QED) is 0.892. The number of hydrogen-bond acceptors (Lipinski definition) is 5. The molecule has 2 aromatic heterocycles. The number of aryl methyl sites for hydroxylation is 3. The van der Waals surface area contributed by atoms with Gasteiger partial charge in [0, 0.05) is 13.1 Å². The normalized spacial score (nSPS) is 11.6. The molecule has 0 spiro atoms. The van der Waals surface area contributed by atoms with Gasteiger partial charge in [-0.15, -0.1) is 11.3 Å². The van der Waals surface area contributed by atoms with Crippen LogP contribution < -0.4 is 4.72 Å². The number of sulfonamides is 1. The van der Waals surface area contributed by atoms with Crippen molar-refractivity contribution in [2.45, 2.75) is 18.1 Å². The van der Waals surface area contributed by atoms with Crippen molar-refractivity contribution in [1.82, 2.24) is 9.78 Å². The van der Waals surface area contributed by atoms with Crippen molar-refractivity contribution in [2.75, 3.05) is 4.72 Å². The first-order valence-corrected chi connectivity index (χ1v) is 7.88. The summed E-state index contributed by atoms with van der Waals surface area (Å²) in [4.78, 5) is 11.0. The molecule has 0 fully saturated rings. The molecule has 0 saturated heterocycles. The third-order valence-corrected chi connectivity index (χ3v) is 5.65. The van der Waals surface area contributed by atoms with E-state index in [2.05, 4.69) is 9.82 Å². The van der Waals surface area contributed by atoms with Gasteiger partial charge in [0.1, 0.15) is 14.9 Å². The van der Waals surface area contributed by atoms with E-state index in [4.69, 9.17) is 5.11 Å². The van der Waals surface area contributed by atoms with Gasteiger partial charge in [-0.05, 0) is 25.5 Å². The van der Waals surface area contributed by atoms with Gasteiger partial charge < -0.3 is 5.11 Å². The van der Waals surface area contributed by atoms with E-state index in [0.29, 0.717) is 17.1 Å². The van der Waals surface area contributed by atoms with E-state index in [1.54, 1.807) is 27.0 Å². The third-order valence-electron chi connectivity index (χ3n) is 2.60. The number of hydrogen-bond donors (Lipinski definition) is 2. The van der Waals surface area contributed by atoms with Crippen molar-refractivity contribution >= 4 is 33.1 Å². The van der Waals surface area contributed by atoms with Crippen molar-refractivity contribution in [3.63, 3.8) is 0 Å². The number of anilines is 1. The molecule has 108 valence electrons. The number of rotatable bonds is 4. The smallest absolute Gasteiger partial charge is 0.346 e. The van der Waals surface area contributed by atoms with Crippen LogP contribution in [0.4, 0.5) is 5.82 Å². The second kappa shape index (κ2) is 4.91. The van der Waals surface area contributed by atoms with Crippen LogP contribution in [0.5, 0.6) is 0 Å². The summed E-state index contributed by atoms with van der Waals surface area (Å²) in [6.45, 7) is 3.31. The van der Waals surface area contributed by atoms with Gasteiger partial charge >= 0.3 is 5.97 Å². The van der Waals surface area contributed by atoms with Crippen molar-refractivity contribution in [2.24, 2.45) is 7.05 Å². The largest absolute Gasteiger partial charge is 0.477 e. The highest BCUT2D eigenvalue weighted by molar-refractivity contribution is 7.94. The average molecular weight is 315 g/mol. The Hall–Kier alpha value is -1.87. The highest BCUT2D eigenvalue weighted by Gasteiger charge is 2.22. The van der Waals surface area contributed by atoms with E-state index < -0.39 is 16.0 Å². The molecule has 20 heavy (non-hydrogen) atoms. The van der Waals surface area contributed by atoms with E-state index in [9.17, 15) is 13.2 Å². The minimum atomic E-state index is -3.81. The van der Waals surface area contributed by atoms with E-state index in [-0.39, 0.29) is 9.09 Å². The van der Waals surface area contributed by atoms with Crippen molar-refractivity contribution in [3.05, 3.63) is 28.3 Å². The number of nitrogens with zero attached hydrogens (tertiary/aromatic N) is 2. The Balaban J connectivity index is 2.38. The molecule has 0 saturated carbocycles. The number of nitrogens with one attached hydrogen (secondary N) is 1.